The number of fused-ring (bicyclic) bond motifs is 3. The fraction of sp³-hybridized carbons (Fsp3) is 0.111. The first-order valence-electron chi connectivity index (χ1n) is 10.3. The van der Waals surface area contributed by atoms with Crippen LogP contribution >= 0.6 is 0 Å². The lowest BCUT2D eigenvalue weighted by Gasteiger charge is -2.02. The first-order valence-corrected chi connectivity index (χ1v) is 10.3. The molecule has 4 heteroatoms. The van der Waals surface area contributed by atoms with Crippen LogP contribution in [-0.2, 0) is 16.1 Å². The molecule has 31 heavy (non-hydrogen) atoms. The Kier molecular flexibility index (Phi) is 5.80. The Bertz CT molecular complexity index is 1320. The van der Waals surface area contributed by atoms with Crippen LogP contribution in [0.4, 0.5) is 0 Å². The first-order chi connectivity index (χ1) is 15.0. The summed E-state index contributed by atoms with van der Waals surface area (Å²) in [5.74, 6) is -0.332. The fourth-order valence-corrected chi connectivity index (χ4v) is 3.77. The van der Waals surface area contributed by atoms with Gasteiger partial charge in [-0.25, -0.2) is 0 Å². The molecule has 1 N–H and O–H groups in total. The zero-order chi connectivity index (χ0) is 21.8. The summed E-state index contributed by atoms with van der Waals surface area (Å²) < 4.78 is 2.28. The number of nitrogens with zero attached hydrogens (tertiary/aromatic N) is 1. The Morgan fingerprint density at radius 3 is 2.13 bits per heavy atom. The van der Waals surface area contributed by atoms with Gasteiger partial charge in [-0.15, -0.1) is 0 Å². The molecule has 4 aromatic rings. The third kappa shape index (κ3) is 4.48. The van der Waals surface area contributed by atoms with Gasteiger partial charge in [0.2, 0.25) is 0 Å². The summed E-state index contributed by atoms with van der Waals surface area (Å²) in [6, 6.07) is 21.0. The molecule has 0 spiro atoms. The van der Waals surface area contributed by atoms with Crippen molar-refractivity contribution >= 4 is 45.5 Å². The second-order valence-electron chi connectivity index (χ2n) is 7.41. The highest BCUT2D eigenvalue weighted by molar-refractivity contribution is 6.11. The lowest BCUT2D eigenvalue weighted by Crippen LogP contribution is -2.01. The second kappa shape index (κ2) is 8.84. The van der Waals surface area contributed by atoms with Crippen molar-refractivity contribution in [3.05, 3.63) is 90.0 Å². The topological polar surface area (TPSA) is 59.3 Å². The molecule has 0 amide bonds. The number of carbonyl (C=O) groups excluding carboxylic acids is 2. The van der Waals surface area contributed by atoms with Crippen LogP contribution in [-0.4, -0.2) is 21.2 Å². The van der Waals surface area contributed by atoms with Crippen LogP contribution in [0.3, 0.4) is 0 Å². The average Bonchev–Trinajstić information content (AvgIpc) is 3.10. The van der Waals surface area contributed by atoms with Gasteiger partial charge < -0.3 is 9.67 Å². The number of rotatable bonds is 7. The zero-order valence-corrected chi connectivity index (χ0v) is 17.3. The van der Waals surface area contributed by atoms with Crippen molar-refractivity contribution < 1.29 is 14.7 Å². The van der Waals surface area contributed by atoms with Gasteiger partial charge in [0.1, 0.15) is 5.75 Å². The van der Waals surface area contributed by atoms with E-state index >= 15 is 0 Å². The molecule has 0 unspecified atom stereocenters. The molecule has 4 nitrogen and oxygen atoms in total. The molecule has 0 aliphatic heterocycles. The quantitative estimate of drug-likeness (QED) is 0.311. The van der Waals surface area contributed by atoms with Gasteiger partial charge in [-0.1, -0.05) is 48.6 Å². The van der Waals surface area contributed by atoms with Gasteiger partial charge in [0, 0.05) is 28.4 Å². The highest BCUT2D eigenvalue weighted by Gasteiger charge is 2.09. The number of aromatic nitrogens is 1. The van der Waals surface area contributed by atoms with Crippen LogP contribution in [0.25, 0.3) is 34.0 Å². The minimum absolute atomic E-state index is 0.168. The van der Waals surface area contributed by atoms with E-state index in [0.29, 0.717) is 0 Å². The van der Waals surface area contributed by atoms with E-state index in [1.54, 1.807) is 36.4 Å². The SMILES string of the molecule is CCn1c2ccccc2c2cc(/C=C/C(=O)CC(=O)/C=C/c3ccc(O)cc3)ccc21. The van der Waals surface area contributed by atoms with E-state index in [2.05, 4.69) is 35.8 Å². The molecule has 1 aromatic heterocycles. The fourth-order valence-electron chi connectivity index (χ4n) is 3.77. The average molecular weight is 409 g/mol. The number of aromatic hydroxyl groups is 1. The van der Waals surface area contributed by atoms with E-state index in [4.69, 9.17) is 0 Å². The molecule has 1 heterocycles. The number of hydrogen-bond acceptors (Lipinski definition) is 3. The zero-order valence-electron chi connectivity index (χ0n) is 17.3. The van der Waals surface area contributed by atoms with Crippen LogP contribution < -0.4 is 0 Å². The van der Waals surface area contributed by atoms with E-state index in [1.165, 1.54) is 28.6 Å². The van der Waals surface area contributed by atoms with Crippen molar-refractivity contribution in [3.8, 4) is 5.75 Å². The highest BCUT2D eigenvalue weighted by atomic mass is 16.3. The third-order valence-corrected chi connectivity index (χ3v) is 5.28. The van der Waals surface area contributed by atoms with Gasteiger partial charge in [-0.05, 0) is 60.5 Å². The molecule has 3 aromatic carbocycles. The van der Waals surface area contributed by atoms with Crippen molar-refractivity contribution in [3.63, 3.8) is 0 Å². The van der Waals surface area contributed by atoms with E-state index < -0.39 is 0 Å². The first kappa shape index (κ1) is 20.4. The van der Waals surface area contributed by atoms with E-state index in [0.717, 1.165) is 23.1 Å². The lowest BCUT2D eigenvalue weighted by atomic mass is 10.1. The standard InChI is InChI=1S/C27H23NO3/c1-2-28-26-6-4-3-5-24(26)25-17-20(11-16-27(25)28)10-15-23(31)18-22(30)14-9-19-7-12-21(29)13-8-19/h3-17,29H,2,18H2,1H3/b14-9+,15-10+. The predicted molar refractivity (Wildman–Crippen MR) is 126 cm³/mol. The van der Waals surface area contributed by atoms with Gasteiger partial charge in [-0.3, -0.25) is 9.59 Å². The summed E-state index contributed by atoms with van der Waals surface area (Å²) in [6.45, 7) is 3.02. The van der Waals surface area contributed by atoms with Gasteiger partial charge in [0.25, 0.3) is 0 Å². The number of ketones is 2. The molecular weight excluding hydrogens is 386 g/mol. The van der Waals surface area contributed by atoms with Crippen molar-refractivity contribution in [2.75, 3.05) is 0 Å². The van der Waals surface area contributed by atoms with Crippen LogP contribution in [0.1, 0.15) is 24.5 Å². The lowest BCUT2D eigenvalue weighted by molar-refractivity contribution is -0.121. The number of aryl methyl sites for hydroxylation is 1. The van der Waals surface area contributed by atoms with Crippen LogP contribution in [0, 0.1) is 0 Å². The molecule has 0 aliphatic rings. The molecule has 0 radical (unpaired) electrons. The van der Waals surface area contributed by atoms with Crippen LogP contribution in [0.15, 0.2) is 78.9 Å². The summed E-state index contributed by atoms with van der Waals surface area (Å²) in [6.07, 6.45) is 6.08. The highest BCUT2D eigenvalue weighted by Crippen LogP contribution is 2.30. The summed E-state index contributed by atoms with van der Waals surface area (Å²) in [7, 11) is 0. The van der Waals surface area contributed by atoms with Gasteiger partial charge in [-0.2, -0.15) is 0 Å². The van der Waals surface area contributed by atoms with Crippen molar-refractivity contribution in [2.45, 2.75) is 19.9 Å². The normalized spacial score (nSPS) is 11.8. The number of hydrogen-bond donors (Lipinski definition) is 1. The second-order valence-corrected chi connectivity index (χ2v) is 7.41. The Morgan fingerprint density at radius 1 is 0.806 bits per heavy atom. The molecule has 4 rings (SSSR count). The van der Waals surface area contributed by atoms with Crippen LogP contribution in [0.5, 0.6) is 5.75 Å². The van der Waals surface area contributed by atoms with Gasteiger partial charge in [0.15, 0.2) is 11.6 Å². The van der Waals surface area contributed by atoms with Gasteiger partial charge >= 0.3 is 0 Å². The number of para-hydroxylation sites is 1. The van der Waals surface area contributed by atoms with Crippen LogP contribution in [0.2, 0.25) is 0 Å². The monoisotopic (exact) mass is 409 g/mol. The number of phenols is 1. The summed E-state index contributed by atoms with van der Waals surface area (Å²) >= 11 is 0. The molecule has 0 saturated heterocycles. The molecule has 154 valence electrons. The molecular formula is C27H23NO3. The van der Waals surface area contributed by atoms with E-state index in [9.17, 15) is 14.7 Å². The van der Waals surface area contributed by atoms with Crippen molar-refractivity contribution in [1.29, 1.82) is 0 Å². The number of carbonyl (C=O) groups is 2. The summed E-state index contributed by atoms with van der Waals surface area (Å²) in [4.78, 5) is 24.3. The van der Waals surface area contributed by atoms with Crippen molar-refractivity contribution in [1.82, 2.24) is 4.57 Å². The maximum atomic E-state index is 12.2. The Morgan fingerprint density at radius 2 is 1.42 bits per heavy atom. The Hall–Kier alpha value is -3.92. The van der Waals surface area contributed by atoms with Crippen molar-refractivity contribution in [2.24, 2.45) is 0 Å². The Balaban J connectivity index is 1.47. The van der Waals surface area contributed by atoms with Gasteiger partial charge in [0.05, 0.1) is 6.42 Å². The largest absolute Gasteiger partial charge is 0.508 e. The maximum Gasteiger partial charge on any atom is 0.163 e. The number of phenolic OH excluding ortho intramolecular Hbond substituents is 1. The minimum Gasteiger partial charge on any atom is -0.508 e. The minimum atomic E-state index is -0.260. The summed E-state index contributed by atoms with van der Waals surface area (Å²) in [5.41, 5.74) is 4.07. The number of allylic oxidation sites excluding steroid dienone is 2. The molecule has 0 bridgehead atoms. The number of benzene rings is 3. The smallest absolute Gasteiger partial charge is 0.163 e. The molecule has 0 atom stereocenters. The maximum absolute atomic E-state index is 12.2. The summed E-state index contributed by atoms with van der Waals surface area (Å²) in [5, 5.41) is 11.6. The molecule has 0 fully saturated rings. The Labute approximate surface area is 180 Å². The molecule has 0 aliphatic carbocycles. The van der Waals surface area contributed by atoms with E-state index in [-0.39, 0.29) is 23.7 Å². The van der Waals surface area contributed by atoms with E-state index in [1.807, 2.05) is 18.2 Å². The molecule has 0 saturated carbocycles. The predicted octanol–water partition coefficient (Wildman–Crippen LogP) is 5.77. The third-order valence-electron chi connectivity index (χ3n) is 5.28.